The Morgan fingerprint density at radius 3 is 1.41 bits per heavy atom. The largest absolute Gasteiger partial charge is 0.135 e. The summed E-state index contributed by atoms with van der Waals surface area (Å²) < 4.78 is 4.85. The first-order valence-corrected chi connectivity index (χ1v) is 11.1. The predicted octanol–water partition coefficient (Wildman–Crippen LogP) is 8.91. The highest BCUT2D eigenvalue weighted by Gasteiger charge is 2.15. The summed E-state index contributed by atoms with van der Waals surface area (Å²) in [5.41, 5.74) is 5.03. The Morgan fingerprint density at radius 1 is 0.519 bits per heavy atom. The molecule has 27 heavy (non-hydrogen) atoms. The zero-order chi connectivity index (χ0) is 18.4. The van der Waals surface area contributed by atoms with Gasteiger partial charge in [0.2, 0.25) is 0 Å². The van der Waals surface area contributed by atoms with Gasteiger partial charge in [0.1, 0.15) is 0 Å². The summed E-state index contributed by atoms with van der Waals surface area (Å²) in [6.45, 7) is 0. The number of hydrogen-bond donors (Lipinski definition) is 0. The number of rotatable bonds is 2. The van der Waals surface area contributed by atoms with E-state index in [-0.39, 0.29) is 0 Å². The molecule has 0 spiro atoms. The third-order valence-corrected chi connectivity index (χ3v) is 6.90. The highest BCUT2D eigenvalue weighted by molar-refractivity contribution is 9.10. The van der Waals surface area contributed by atoms with Crippen LogP contribution in [0, 0.1) is 0 Å². The number of fused-ring (bicyclic) bond motifs is 3. The van der Waals surface area contributed by atoms with E-state index in [1.165, 1.54) is 42.4 Å². The van der Waals surface area contributed by atoms with Gasteiger partial charge < -0.3 is 0 Å². The SMILES string of the molecule is Brc1cccc(-c2cccc3sc4cccc(-c5cccc(Br)c5)c4c23)c1. The quantitative estimate of drug-likeness (QED) is 0.230. The molecule has 0 aliphatic heterocycles. The van der Waals surface area contributed by atoms with Crippen LogP contribution < -0.4 is 0 Å². The highest BCUT2D eigenvalue weighted by atomic mass is 79.9. The third-order valence-electron chi connectivity index (χ3n) is 4.79. The summed E-state index contributed by atoms with van der Waals surface area (Å²) in [7, 11) is 0. The Hall–Kier alpha value is -1.94. The molecular weight excluding hydrogens is 480 g/mol. The Labute approximate surface area is 178 Å². The van der Waals surface area contributed by atoms with Crippen LogP contribution in [0.3, 0.4) is 0 Å². The van der Waals surface area contributed by atoms with Crippen LogP contribution in [0.25, 0.3) is 42.4 Å². The maximum Gasteiger partial charge on any atom is 0.0361 e. The van der Waals surface area contributed by atoms with Crippen molar-refractivity contribution in [3.63, 3.8) is 0 Å². The normalized spacial score (nSPS) is 11.3. The molecular formula is C24H14Br2S. The molecule has 0 saturated carbocycles. The van der Waals surface area contributed by atoms with E-state index in [0.717, 1.165) is 8.95 Å². The Bertz CT molecular complexity index is 1200. The van der Waals surface area contributed by atoms with Gasteiger partial charge in [0.05, 0.1) is 0 Å². The Morgan fingerprint density at radius 2 is 0.963 bits per heavy atom. The van der Waals surface area contributed by atoms with Crippen molar-refractivity contribution in [3.05, 3.63) is 93.9 Å². The second-order valence-corrected chi connectivity index (χ2v) is 9.40. The summed E-state index contributed by atoms with van der Waals surface area (Å²) in [6.07, 6.45) is 0. The number of benzene rings is 4. The van der Waals surface area contributed by atoms with Gasteiger partial charge in [-0.05, 0) is 58.7 Å². The number of halogens is 2. The molecule has 0 aliphatic carbocycles. The molecule has 0 nitrogen and oxygen atoms in total. The molecule has 0 saturated heterocycles. The standard InChI is InChI=1S/C24H14Br2S/c25-17-7-1-5-15(13-17)19-9-3-11-21-23(19)24-20(10-4-12-22(24)27-21)16-6-2-8-18(26)14-16/h1-14H. The lowest BCUT2D eigenvalue weighted by molar-refractivity contribution is 1.62. The molecule has 0 bridgehead atoms. The minimum absolute atomic E-state index is 1.10. The van der Waals surface area contributed by atoms with Crippen molar-refractivity contribution in [1.82, 2.24) is 0 Å². The maximum absolute atomic E-state index is 3.62. The van der Waals surface area contributed by atoms with E-state index in [2.05, 4.69) is 117 Å². The molecule has 0 atom stereocenters. The van der Waals surface area contributed by atoms with Crippen molar-refractivity contribution < 1.29 is 0 Å². The van der Waals surface area contributed by atoms with E-state index >= 15 is 0 Å². The first-order valence-electron chi connectivity index (χ1n) is 8.67. The molecule has 1 heterocycles. The molecule has 5 rings (SSSR count). The molecule has 3 heteroatoms. The fraction of sp³-hybridized carbons (Fsp3) is 0. The van der Waals surface area contributed by atoms with E-state index < -0.39 is 0 Å². The van der Waals surface area contributed by atoms with Gasteiger partial charge in [-0.3, -0.25) is 0 Å². The van der Waals surface area contributed by atoms with E-state index in [9.17, 15) is 0 Å². The zero-order valence-electron chi connectivity index (χ0n) is 14.2. The van der Waals surface area contributed by atoms with Gasteiger partial charge >= 0.3 is 0 Å². The molecule has 0 fully saturated rings. The van der Waals surface area contributed by atoms with Crippen LogP contribution in [0.15, 0.2) is 93.9 Å². The topological polar surface area (TPSA) is 0 Å². The van der Waals surface area contributed by atoms with Crippen molar-refractivity contribution >= 4 is 63.4 Å². The monoisotopic (exact) mass is 492 g/mol. The third kappa shape index (κ3) is 3.04. The summed E-state index contributed by atoms with van der Waals surface area (Å²) >= 11 is 9.11. The van der Waals surface area contributed by atoms with Crippen molar-refractivity contribution in [3.8, 4) is 22.3 Å². The molecule has 5 aromatic rings. The lowest BCUT2D eigenvalue weighted by Crippen LogP contribution is -1.83. The molecule has 0 N–H and O–H groups in total. The van der Waals surface area contributed by atoms with Crippen molar-refractivity contribution in [2.24, 2.45) is 0 Å². The first kappa shape index (κ1) is 17.2. The van der Waals surface area contributed by atoms with E-state index in [1.54, 1.807) is 0 Å². The van der Waals surface area contributed by atoms with E-state index in [4.69, 9.17) is 0 Å². The van der Waals surface area contributed by atoms with Crippen LogP contribution in [0.1, 0.15) is 0 Å². The fourth-order valence-corrected chi connectivity index (χ4v) is 5.62. The molecule has 0 amide bonds. The van der Waals surface area contributed by atoms with Gasteiger partial charge in [0.25, 0.3) is 0 Å². The summed E-state index contributed by atoms with van der Waals surface area (Å²) in [5.74, 6) is 0. The van der Waals surface area contributed by atoms with Gasteiger partial charge in [-0.25, -0.2) is 0 Å². The molecule has 0 unspecified atom stereocenters. The van der Waals surface area contributed by atoms with Crippen molar-refractivity contribution in [2.45, 2.75) is 0 Å². The first-order chi connectivity index (χ1) is 13.2. The van der Waals surface area contributed by atoms with Crippen LogP contribution in [0.2, 0.25) is 0 Å². The average Bonchev–Trinajstić information content (AvgIpc) is 3.06. The number of thiophene rings is 1. The van der Waals surface area contributed by atoms with Crippen LogP contribution in [-0.2, 0) is 0 Å². The van der Waals surface area contributed by atoms with Crippen LogP contribution in [0.5, 0.6) is 0 Å². The molecule has 1 aromatic heterocycles. The van der Waals surface area contributed by atoms with Gasteiger partial charge in [-0.15, -0.1) is 11.3 Å². The predicted molar refractivity (Wildman–Crippen MR) is 126 cm³/mol. The fourth-order valence-electron chi connectivity index (χ4n) is 3.66. The average molecular weight is 494 g/mol. The van der Waals surface area contributed by atoms with Gasteiger partial charge in [0, 0.05) is 29.1 Å². The molecule has 130 valence electrons. The second-order valence-electron chi connectivity index (χ2n) is 6.48. The van der Waals surface area contributed by atoms with Crippen LogP contribution >= 0.6 is 43.2 Å². The second kappa shape index (κ2) is 6.90. The molecule has 0 aliphatic rings. The maximum atomic E-state index is 3.62. The summed E-state index contributed by atoms with van der Waals surface area (Å²) in [4.78, 5) is 0. The zero-order valence-corrected chi connectivity index (χ0v) is 18.2. The summed E-state index contributed by atoms with van der Waals surface area (Å²) in [6, 6.07) is 30.3. The Kier molecular flexibility index (Phi) is 4.39. The van der Waals surface area contributed by atoms with E-state index in [0.29, 0.717) is 0 Å². The van der Waals surface area contributed by atoms with Crippen LogP contribution in [-0.4, -0.2) is 0 Å². The van der Waals surface area contributed by atoms with Gasteiger partial charge in [-0.2, -0.15) is 0 Å². The molecule has 0 radical (unpaired) electrons. The minimum Gasteiger partial charge on any atom is -0.135 e. The lowest BCUT2D eigenvalue weighted by atomic mass is 9.95. The van der Waals surface area contributed by atoms with Crippen molar-refractivity contribution in [1.29, 1.82) is 0 Å². The Balaban J connectivity index is 1.91. The number of hydrogen-bond acceptors (Lipinski definition) is 1. The highest BCUT2D eigenvalue weighted by Crippen LogP contribution is 2.44. The summed E-state index contributed by atoms with van der Waals surface area (Å²) in [5, 5.41) is 2.68. The van der Waals surface area contributed by atoms with E-state index in [1.807, 2.05) is 11.3 Å². The van der Waals surface area contributed by atoms with Crippen molar-refractivity contribution in [2.75, 3.05) is 0 Å². The van der Waals surface area contributed by atoms with Gasteiger partial charge in [-0.1, -0.05) is 80.4 Å². The smallest absolute Gasteiger partial charge is 0.0361 e. The van der Waals surface area contributed by atoms with Crippen LogP contribution in [0.4, 0.5) is 0 Å². The van der Waals surface area contributed by atoms with Gasteiger partial charge in [0.15, 0.2) is 0 Å². The minimum atomic E-state index is 1.10. The lowest BCUT2D eigenvalue weighted by Gasteiger charge is -2.09. The molecule has 4 aromatic carbocycles.